The molecule has 8 heteroatoms. The Kier molecular flexibility index (Phi) is 7.54. The molecule has 0 aromatic heterocycles. The number of hydrogen-bond acceptors (Lipinski definition) is 5. The second-order valence-electron chi connectivity index (χ2n) is 7.83. The lowest BCUT2D eigenvalue weighted by molar-refractivity contribution is -0.135. The van der Waals surface area contributed by atoms with Crippen molar-refractivity contribution in [1.29, 1.82) is 0 Å². The molecule has 2 aliphatic rings. The van der Waals surface area contributed by atoms with Crippen molar-refractivity contribution >= 4 is 15.9 Å². The number of carbonyl (C=O) groups excluding carboxylic acids is 1. The predicted molar refractivity (Wildman–Crippen MR) is 112 cm³/mol. The number of sulfonamides is 1. The summed E-state index contributed by atoms with van der Waals surface area (Å²) in [5.74, 6) is 0.802. The van der Waals surface area contributed by atoms with Crippen molar-refractivity contribution in [3.63, 3.8) is 0 Å². The van der Waals surface area contributed by atoms with Crippen LogP contribution in [0.3, 0.4) is 0 Å². The minimum Gasteiger partial charge on any atom is -0.497 e. The van der Waals surface area contributed by atoms with Crippen molar-refractivity contribution in [2.75, 3.05) is 46.4 Å². The fraction of sp³-hybridized carbons (Fsp3) is 0.667. The molecule has 0 spiro atoms. The van der Waals surface area contributed by atoms with Gasteiger partial charge in [0.25, 0.3) is 0 Å². The first-order chi connectivity index (χ1) is 14.0. The number of carbonyl (C=O) groups is 1. The maximum Gasteiger partial charge on any atom is 0.243 e. The summed E-state index contributed by atoms with van der Waals surface area (Å²) in [7, 11) is -1.97. The topological polar surface area (TPSA) is 70.2 Å². The Bertz CT molecular complexity index is 768. The SMILES string of the molecule is CCN(C(=O)CN1CCN(S(=O)(=O)c2ccc(OC)cc2)CC1)C1CCCCC1. The zero-order valence-electron chi connectivity index (χ0n) is 17.5. The zero-order valence-corrected chi connectivity index (χ0v) is 18.4. The molecule has 0 bridgehead atoms. The number of benzene rings is 1. The number of amides is 1. The van der Waals surface area contributed by atoms with Crippen molar-refractivity contribution in [2.45, 2.75) is 50.0 Å². The zero-order chi connectivity index (χ0) is 20.9. The van der Waals surface area contributed by atoms with Crippen LogP contribution < -0.4 is 4.74 Å². The van der Waals surface area contributed by atoms with E-state index < -0.39 is 10.0 Å². The van der Waals surface area contributed by atoms with Gasteiger partial charge in [-0.15, -0.1) is 0 Å². The Hall–Kier alpha value is -1.64. The highest BCUT2D eigenvalue weighted by atomic mass is 32.2. The third kappa shape index (κ3) is 5.29. The molecule has 3 rings (SSSR count). The molecule has 0 N–H and O–H groups in total. The second-order valence-corrected chi connectivity index (χ2v) is 9.77. The summed E-state index contributed by atoms with van der Waals surface area (Å²) in [6.45, 7) is 5.11. The van der Waals surface area contributed by atoms with Crippen LogP contribution in [0.1, 0.15) is 39.0 Å². The number of nitrogens with zero attached hydrogens (tertiary/aromatic N) is 3. The molecule has 0 radical (unpaired) electrons. The van der Waals surface area contributed by atoms with E-state index in [1.165, 1.54) is 23.6 Å². The van der Waals surface area contributed by atoms with Gasteiger partial charge in [0, 0.05) is 38.8 Å². The summed E-state index contributed by atoms with van der Waals surface area (Å²) in [5.41, 5.74) is 0. The van der Waals surface area contributed by atoms with Crippen molar-refractivity contribution in [3.8, 4) is 5.75 Å². The molecule has 1 heterocycles. The molecule has 0 atom stereocenters. The predicted octanol–water partition coefficient (Wildman–Crippen LogP) is 2.18. The second kappa shape index (κ2) is 9.91. The van der Waals surface area contributed by atoms with Crippen LogP contribution in [-0.2, 0) is 14.8 Å². The lowest BCUT2D eigenvalue weighted by Crippen LogP contribution is -2.52. The molecular formula is C21H33N3O4S. The smallest absolute Gasteiger partial charge is 0.243 e. The first-order valence-electron chi connectivity index (χ1n) is 10.6. The van der Waals surface area contributed by atoms with Gasteiger partial charge >= 0.3 is 0 Å². The van der Waals surface area contributed by atoms with Gasteiger partial charge in [-0.05, 0) is 44.0 Å². The summed E-state index contributed by atoms with van der Waals surface area (Å²) in [5, 5.41) is 0. The van der Waals surface area contributed by atoms with E-state index in [1.807, 2.05) is 11.8 Å². The van der Waals surface area contributed by atoms with Gasteiger partial charge in [0.2, 0.25) is 15.9 Å². The molecule has 1 saturated heterocycles. The van der Waals surface area contributed by atoms with Crippen LogP contribution in [0.25, 0.3) is 0 Å². The minimum atomic E-state index is -3.52. The van der Waals surface area contributed by atoms with Crippen molar-refractivity contribution in [2.24, 2.45) is 0 Å². The van der Waals surface area contributed by atoms with E-state index in [2.05, 4.69) is 4.90 Å². The lowest BCUT2D eigenvalue weighted by Gasteiger charge is -2.37. The highest BCUT2D eigenvalue weighted by molar-refractivity contribution is 7.89. The van der Waals surface area contributed by atoms with Gasteiger partial charge in [0.1, 0.15) is 5.75 Å². The van der Waals surface area contributed by atoms with E-state index >= 15 is 0 Å². The van der Waals surface area contributed by atoms with E-state index in [4.69, 9.17) is 4.74 Å². The number of rotatable bonds is 7. The fourth-order valence-electron chi connectivity index (χ4n) is 4.34. The van der Waals surface area contributed by atoms with E-state index in [9.17, 15) is 13.2 Å². The normalized spacial score (nSPS) is 19.8. The summed E-state index contributed by atoms with van der Waals surface area (Å²) in [6.07, 6.45) is 5.89. The van der Waals surface area contributed by atoms with E-state index in [0.29, 0.717) is 44.5 Å². The number of ether oxygens (including phenoxy) is 1. The molecule has 1 aromatic carbocycles. The molecule has 162 valence electrons. The van der Waals surface area contributed by atoms with Gasteiger partial charge < -0.3 is 9.64 Å². The van der Waals surface area contributed by atoms with Crippen molar-refractivity contribution in [1.82, 2.24) is 14.1 Å². The molecule has 2 fully saturated rings. The standard InChI is InChI=1S/C21H33N3O4S/c1-3-24(18-7-5-4-6-8-18)21(25)17-22-13-15-23(16-14-22)29(26,27)20-11-9-19(28-2)10-12-20/h9-12,18H,3-8,13-17H2,1-2H3. The van der Waals surface area contributed by atoms with Crippen LogP contribution in [0.2, 0.25) is 0 Å². The van der Waals surface area contributed by atoms with Gasteiger partial charge in [0.05, 0.1) is 18.6 Å². The van der Waals surface area contributed by atoms with Crippen LogP contribution in [0.5, 0.6) is 5.75 Å². The van der Waals surface area contributed by atoms with Gasteiger partial charge in [-0.1, -0.05) is 19.3 Å². The molecule has 7 nitrogen and oxygen atoms in total. The fourth-order valence-corrected chi connectivity index (χ4v) is 5.76. The van der Waals surface area contributed by atoms with Crippen LogP contribution in [0.15, 0.2) is 29.2 Å². The molecule has 0 unspecified atom stereocenters. The molecule has 1 aliphatic carbocycles. The summed E-state index contributed by atoms with van der Waals surface area (Å²) < 4.78 is 32.3. The Morgan fingerprint density at radius 1 is 1.07 bits per heavy atom. The first-order valence-corrected chi connectivity index (χ1v) is 12.1. The molecule has 1 aliphatic heterocycles. The van der Waals surface area contributed by atoms with Gasteiger partial charge in [-0.25, -0.2) is 8.42 Å². The van der Waals surface area contributed by atoms with E-state index in [-0.39, 0.29) is 10.8 Å². The van der Waals surface area contributed by atoms with Crippen molar-refractivity contribution in [3.05, 3.63) is 24.3 Å². The van der Waals surface area contributed by atoms with E-state index in [0.717, 1.165) is 19.4 Å². The Balaban J connectivity index is 1.54. The summed E-state index contributed by atoms with van der Waals surface area (Å²) in [4.78, 5) is 17.2. The van der Waals surface area contributed by atoms with Crippen LogP contribution in [-0.4, -0.2) is 80.9 Å². The average Bonchev–Trinajstić information content (AvgIpc) is 2.75. The van der Waals surface area contributed by atoms with Crippen LogP contribution >= 0.6 is 0 Å². The Morgan fingerprint density at radius 3 is 2.24 bits per heavy atom. The molecular weight excluding hydrogens is 390 g/mol. The maximum atomic E-state index is 12.9. The van der Waals surface area contributed by atoms with E-state index in [1.54, 1.807) is 31.4 Å². The van der Waals surface area contributed by atoms with Crippen LogP contribution in [0, 0.1) is 0 Å². The largest absolute Gasteiger partial charge is 0.497 e. The molecule has 1 aromatic rings. The summed E-state index contributed by atoms with van der Waals surface area (Å²) in [6, 6.07) is 6.84. The van der Waals surface area contributed by atoms with Gasteiger partial charge in [0.15, 0.2) is 0 Å². The van der Waals surface area contributed by atoms with Gasteiger partial charge in [-0.3, -0.25) is 9.69 Å². The summed E-state index contributed by atoms with van der Waals surface area (Å²) >= 11 is 0. The number of piperazine rings is 1. The first kappa shape index (κ1) is 22.1. The van der Waals surface area contributed by atoms with Gasteiger partial charge in [-0.2, -0.15) is 4.31 Å². The number of hydrogen-bond donors (Lipinski definition) is 0. The van der Waals surface area contributed by atoms with Crippen LogP contribution in [0.4, 0.5) is 0 Å². The number of likely N-dealkylation sites (N-methyl/N-ethyl adjacent to an activating group) is 1. The quantitative estimate of drug-likeness (QED) is 0.672. The highest BCUT2D eigenvalue weighted by Crippen LogP contribution is 2.23. The third-order valence-corrected chi connectivity index (χ3v) is 7.98. The lowest BCUT2D eigenvalue weighted by atomic mass is 9.94. The Labute approximate surface area is 174 Å². The molecule has 1 amide bonds. The highest BCUT2D eigenvalue weighted by Gasteiger charge is 2.31. The van der Waals surface area contributed by atoms with Crippen molar-refractivity contribution < 1.29 is 17.9 Å². The number of methoxy groups -OCH3 is 1. The monoisotopic (exact) mass is 423 g/mol. The minimum absolute atomic E-state index is 0.172. The average molecular weight is 424 g/mol. The molecule has 29 heavy (non-hydrogen) atoms. The third-order valence-electron chi connectivity index (χ3n) is 6.06. The Morgan fingerprint density at radius 2 is 1.69 bits per heavy atom. The maximum absolute atomic E-state index is 12.9. The molecule has 1 saturated carbocycles.